The monoisotopic (exact) mass is 268 g/mol. The SMILES string of the molecule is O=CNc1ccc(C(=O)NCCc2ccccc2)cc1. The van der Waals surface area contributed by atoms with E-state index >= 15 is 0 Å². The second kappa shape index (κ2) is 7.09. The van der Waals surface area contributed by atoms with E-state index in [1.54, 1.807) is 24.3 Å². The first kappa shape index (κ1) is 13.8. The molecule has 0 atom stereocenters. The van der Waals surface area contributed by atoms with Crippen LogP contribution in [0.25, 0.3) is 0 Å². The maximum absolute atomic E-state index is 11.9. The third-order valence-corrected chi connectivity index (χ3v) is 2.91. The molecule has 0 bridgehead atoms. The number of amides is 2. The van der Waals surface area contributed by atoms with Gasteiger partial charge in [-0.2, -0.15) is 0 Å². The van der Waals surface area contributed by atoms with Crippen molar-refractivity contribution in [3.8, 4) is 0 Å². The minimum Gasteiger partial charge on any atom is -0.352 e. The molecule has 0 heterocycles. The van der Waals surface area contributed by atoms with E-state index < -0.39 is 0 Å². The molecule has 2 N–H and O–H groups in total. The molecule has 0 aromatic heterocycles. The van der Waals surface area contributed by atoms with E-state index in [1.165, 1.54) is 5.56 Å². The molecule has 2 amide bonds. The average Bonchev–Trinajstić information content (AvgIpc) is 2.49. The van der Waals surface area contributed by atoms with Gasteiger partial charge < -0.3 is 10.6 Å². The van der Waals surface area contributed by atoms with Gasteiger partial charge in [-0.3, -0.25) is 9.59 Å². The number of anilines is 1. The van der Waals surface area contributed by atoms with Gasteiger partial charge in [0.15, 0.2) is 0 Å². The van der Waals surface area contributed by atoms with Crippen LogP contribution in [0.2, 0.25) is 0 Å². The fourth-order valence-electron chi connectivity index (χ4n) is 1.85. The molecule has 0 spiro atoms. The molecule has 2 rings (SSSR count). The highest BCUT2D eigenvalue weighted by Crippen LogP contribution is 2.08. The maximum Gasteiger partial charge on any atom is 0.251 e. The van der Waals surface area contributed by atoms with Gasteiger partial charge in [-0.05, 0) is 36.2 Å². The Labute approximate surface area is 117 Å². The minimum absolute atomic E-state index is 0.112. The first-order valence-electron chi connectivity index (χ1n) is 6.42. The zero-order valence-electron chi connectivity index (χ0n) is 11.0. The van der Waals surface area contributed by atoms with E-state index in [0.29, 0.717) is 24.2 Å². The Morgan fingerprint density at radius 3 is 2.35 bits per heavy atom. The average molecular weight is 268 g/mol. The van der Waals surface area contributed by atoms with E-state index in [4.69, 9.17) is 0 Å². The summed E-state index contributed by atoms with van der Waals surface area (Å²) in [6.45, 7) is 0.594. The number of carbonyl (C=O) groups excluding carboxylic acids is 2. The summed E-state index contributed by atoms with van der Waals surface area (Å²) in [6.07, 6.45) is 1.41. The first-order chi connectivity index (χ1) is 9.79. The van der Waals surface area contributed by atoms with Crippen LogP contribution < -0.4 is 10.6 Å². The molecule has 0 unspecified atom stereocenters. The highest BCUT2D eigenvalue weighted by molar-refractivity contribution is 5.94. The second-order valence-electron chi connectivity index (χ2n) is 4.33. The molecule has 0 aliphatic rings. The Kier molecular flexibility index (Phi) is 4.89. The van der Waals surface area contributed by atoms with E-state index in [-0.39, 0.29) is 5.91 Å². The first-order valence-corrected chi connectivity index (χ1v) is 6.42. The number of hydrogen-bond acceptors (Lipinski definition) is 2. The summed E-state index contributed by atoms with van der Waals surface area (Å²) in [7, 11) is 0. The second-order valence-corrected chi connectivity index (χ2v) is 4.33. The number of benzene rings is 2. The standard InChI is InChI=1S/C16H16N2O2/c19-12-18-15-8-6-14(7-9-15)16(20)17-11-10-13-4-2-1-3-5-13/h1-9,12H,10-11H2,(H,17,20)(H,18,19). The molecule has 0 fully saturated rings. The highest BCUT2D eigenvalue weighted by Gasteiger charge is 2.04. The van der Waals surface area contributed by atoms with Gasteiger partial charge in [0.05, 0.1) is 0 Å². The predicted molar refractivity (Wildman–Crippen MR) is 78.6 cm³/mol. The lowest BCUT2D eigenvalue weighted by Crippen LogP contribution is -2.25. The molecule has 0 aliphatic heterocycles. The third kappa shape index (κ3) is 3.95. The number of nitrogens with one attached hydrogen (secondary N) is 2. The van der Waals surface area contributed by atoms with Crippen molar-refractivity contribution in [1.29, 1.82) is 0 Å². The number of carbonyl (C=O) groups is 2. The molecule has 20 heavy (non-hydrogen) atoms. The van der Waals surface area contributed by atoms with E-state index in [2.05, 4.69) is 10.6 Å². The molecule has 0 saturated carbocycles. The Balaban J connectivity index is 1.84. The van der Waals surface area contributed by atoms with Gasteiger partial charge >= 0.3 is 0 Å². The van der Waals surface area contributed by atoms with Crippen molar-refractivity contribution in [2.24, 2.45) is 0 Å². The Bertz CT molecular complexity index is 565. The summed E-state index contributed by atoms with van der Waals surface area (Å²) in [5.74, 6) is -0.112. The lowest BCUT2D eigenvalue weighted by molar-refractivity contribution is -0.105. The number of hydrogen-bond donors (Lipinski definition) is 2. The van der Waals surface area contributed by atoms with Crippen LogP contribution >= 0.6 is 0 Å². The summed E-state index contributed by atoms with van der Waals surface area (Å²) in [6, 6.07) is 16.8. The predicted octanol–water partition coefficient (Wildman–Crippen LogP) is 2.23. The Hall–Kier alpha value is -2.62. The van der Waals surface area contributed by atoms with Crippen molar-refractivity contribution in [1.82, 2.24) is 5.32 Å². The fraction of sp³-hybridized carbons (Fsp3) is 0.125. The smallest absolute Gasteiger partial charge is 0.251 e. The summed E-state index contributed by atoms with van der Waals surface area (Å²) >= 11 is 0. The van der Waals surface area contributed by atoms with Gasteiger partial charge in [0.2, 0.25) is 6.41 Å². The van der Waals surface area contributed by atoms with Crippen LogP contribution in [-0.2, 0) is 11.2 Å². The van der Waals surface area contributed by atoms with Crippen LogP contribution in [0.1, 0.15) is 15.9 Å². The summed E-state index contributed by atoms with van der Waals surface area (Å²) in [5.41, 5.74) is 2.44. The van der Waals surface area contributed by atoms with Crippen molar-refractivity contribution < 1.29 is 9.59 Å². The zero-order valence-corrected chi connectivity index (χ0v) is 11.0. The Morgan fingerprint density at radius 1 is 1.00 bits per heavy atom. The van der Waals surface area contributed by atoms with Gasteiger partial charge in [-0.15, -0.1) is 0 Å². The molecule has 0 saturated heterocycles. The van der Waals surface area contributed by atoms with Crippen LogP contribution in [0.4, 0.5) is 5.69 Å². The molecule has 102 valence electrons. The maximum atomic E-state index is 11.9. The minimum atomic E-state index is -0.112. The largest absolute Gasteiger partial charge is 0.352 e. The van der Waals surface area contributed by atoms with Gasteiger partial charge in [0, 0.05) is 17.8 Å². The van der Waals surface area contributed by atoms with Crippen LogP contribution in [0.5, 0.6) is 0 Å². The number of rotatable bonds is 6. The molecule has 0 radical (unpaired) electrons. The topological polar surface area (TPSA) is 58.2 Å². The quantitative estimate of drug-likeness (QED) is 0.789. The van der Waals surface area contributed by atoms with Gasteiger partial charge in [-0.1, -0.05) is 30.3 Å². The van der Waals surface area contributed by atoms with Gasteiger partial charge in [0.25, 0.3) is 5.91 Å². The van der Waals surface area contributed by atoms with Gasteiger partial charge in [-0.25, -0.2) is 0 Å². The molecule has 2 aromatic rings. The van der Waals surface area contributed by atoms with Crippen LogP contribution in [-0.4, -0.2) is 18.9 Å². The van der Waals surface area contributed by atoms with Crippen molar-refractivity contribution in [3.63, 3.8) is 0 Å². The highest BCUT2D eigenvalue weighted by atomic mass is 16.1. The molecule has 2 aromatic carbocycles. The van der Waals surface area contributed by atoms with Crippen molar-refractivity contribution in [3.05, 3.63) is 65.7 Å². The lowest BCUT2D eigenvalue weighted by atomic mass is 10.1. The zero-order chi connectivity index (χ0) is 14.2. The summed E-state index contributed by atoms with van der Waals surface area (Å²) < 4.78 is 0. The molecule has 4 heteroatoms. The van der Waals surface area contributed by atoms with E-state index in [1.807, 2.05) is 30.3 Å². The van der Waals surface area contributed by atoms with Gasteiger partial charge in [0.1, 0.15) is 0 Å². The molecule has 0 aliphatic carbocycles. The third-order valence-electron chi connectivity index (χ3n) is 2.91. The summed E-state index contributed by atoms with van der Waals surface area (Å²) in [5, 5.41) is 5.40. The van der Waals surface area contributed by atoms with Crippen LogP contribution in [0.3, 0.4) is 0 Å². The molecule has 4 nitrogen and oxygen atoms in total. The lowest BCUT2D eigenvalue weighted by Gasteiger charge is -2.06. The molecular formula is C16H16N2O2. The summed E-state index contributed by atoms with van der Waals surface area (Å²) in [4.78, 5) is 22.2. The van der Waals surface area contributed by atoms with E-state index in [9.17, 15) is 9.59 Å². The van der Waals surface area contributed by atoms with Crippen molar-refractivity contribution in [2.45, 2.75) is 6.42 Å². The van der Waals surface area contributed by atoms with E-state index in [0.717, 1.165) is 6.42 Å². The normalized spacial score (nSPS) is 9.80. The molecular weight excluding hydrogens is 252 g/mol. The van der Waals surface area contributed by atoms with Crippen molar-refractivity contribution in [2.75, 3.05) is 11.9 Å². The van der Waals surface area contributed by atoms with Crippen LogP contribution in [0.15, 0.2) is 54.6 Å². The Morgan fingerprint density at radius 2 is 1.70 bits per heavy atom. The van der Waals surface area contributed by atoms with Crippen molar-refractivity contribution >= 4 is 18.0 Å². The van der Waals surface area contributed by atoms with Crippen LogP contribution in [0, 0.1) is 0 Å². The fourth-order valence-corrected chi connectivity index (χ4v) is 1.85.